The van der Waals surface area contributed by atoms with Gasteiger partial charge < -0.3 is 10.1 Å². The quantitative estimate of drug-likeness (QED) is 0.863. The fraction of sp³-hybridized carbons (Fsp3) is 0.632. The van der Waals surface area contributed by atoms with Crippen LogP contribution in [0.4, 0.5) is 0 Å². The maximum atomic E-state index is 12.2. The normalized spacial score (nSPS) is 24.6. The molecule has 1 N–H and O–H groups in total. The first-order valence-electron chi connectivity index (χ1n) is 8.75. The molecule has 1 aliphatic heterocycles. The predicted molar refractivity (Wildman–Crippen MR) is 88.2 cm³/mol. The lowest BCUT2D eigenvalue weighted by atomic mass is 9.80. The number of hydrogen-bond acceptors (Lipinski definition) is 3. The highest BCUT2D eigenvalue weighted by Crippen LogP contribution is 2.35. The lowest BCUT2D eigenvalue weighted by molar-refractivity contribution is 0.0524. The van der Waals surface area contributed by atoms with Crippen LogP contribution in [0.1, 0.15) is 72.6 Å². The van der Waals surface area contributed by atoms with Crippen LogP contribution in [-0.2, 0) is 17.6 Å². The zero-order valence-electron chi connectivity index (χ0n) is 13.8. The summed E-state index contributed by atoms with van der Waals surface area (Å²) in [5, 5.41) is 3.67. The third-order valence-corrected chi connectivity index (χ3v) is 5.11. The van der Waals surface area contributed by atoms with Crippen molar-refractivity contribution in [2.24, 2.45) is 5.92 Å². The number of nitrogens with one attached hydrogen (secondary N) is 1. The lowest BCUT2D eigenvalue weighted by Crippen LogP contribution is -2.32. The number of hydrogen-bond donors (Lipinski definition) is 1. The molecule has 0 bridgehead atoms. The highest BCUT2D eigenvalue weighted by Gasteiger charge is 2.27. The first kappa shape index (κ1) is 15.5. The second-order valence-corrected chi connectivity index (χ2v) is 6.72. The number of ether oxygens (including phenoxy) is 1. The summed E-state index contributed by atoms with van der Waals surface area (Å²) in [6, 6.07) is 4.62. The van der Waals surface area contributed by atoms with Gasteiger partial charge in [-0.25, -0.2) is 4.79 Å². The van der Waals surface area contributed by atoms with Crippen molar-refractivity contribution in [3.8, 4) is 0 Å². The smallest absolute Gasteiger partial charge is 0.338 e. The summed E-state index contributed by atoms with van der Waals surface area (Å²) in [5.41, 5.74) is 4.89. The van der Waals surface area contributed by atoms with E-state index >= 15 is 0 Å². The molecule has 1 aromatic rings. The van der Waals surface area contributed by atoms with Gasteiger partial charge in [0.2, 0.25) is 0 Å². The standard InChI is InChI=1S/C19H27NO2/c1-3-22-19(21)17-9-8-16(14-6-4-5-7-15(14)17)18-12-13(2)10-11-20-18/h8-9,13,18,20H,3-7,10-12H2,1-2H3. The van der Waals surface area contributed by atoms with E-state index < -0.39 is 0 Å². The Kier molecular flexibility index (Phi) is 4.82. The fourth-order valence-corrected chi connectivity index (χ4v) is 3.97. The average Bonchev–Trinajstić information content (AvgIpc) is 2.54. The number of benzene rings is 1. The van der Waals surface area contributed by atoms with Crippen LogP contribution in [0.5, 0.6) is 0 Å². The molecule has 3 rings (SSSR count). The predicted octanol–water partition coefficient (Wildman–Crippen LogP) is 3.80. The molecule has 0 amide bonds. The molecule has 2 unspecified atom stereocenters. The number of piperidine rings is 1. The fourth-order valence-electron chi connectivity index (χ4n) is 3.97. The molecule has 3 nitrogen and oxygen atoms in total. The Bertz CT molecular complexity index is 553. The van der Waals surface area contributed by atoms with Gasteiger partial charge in [0.25, 0.3) is 0 Å². The third-order valence-electron chi connectivity index (χ3n) is 5.11. The van der Waals surface area contributed by atoms with E-state index in [-0.39, 0.29) is 5.97 Å². The maximum absolute atomic E-state index is 12.2. The van der Waals surface area contributed by atoms with Gasteiger partial charge in [-0.3, -0.25) is 0 Å². The van der Waals surface area contributed by atoms with Crippen LogP contribution >= 0.6 is 0 Å². The summed E-state index contributed by atoms with van der Waals surface area (Å²) in [4.78, 5) is 12.2. The largest absolute Gasteiger partial charge is 0.462 e. The first-order chi connectivity index (χ1) is 10.7. The molecule has 2 aliphatic rings. The Morgan fingerprint density at radius 2 is 2.05 bits per heavy atom. The van der Waals surface area contributed by atoms with Crippen LogP contribution in [0.2, 0.25) is 0 Å². The summed E-state index contributed by atoms with van der Waals surface area (Å²) in [7, 11) is 0. The van der Waals surface area contributed by atoms with E-state index in [0.29, 0.717) is 12.6 Å². The Labute approximate surface area is 133 Å². The minimum Gasteiger partial charge on any atom is -0.462 e. The Morgan fingerprint density at radius 3 is 2.77 bits per heavy atom. The molecule has 22 heavy (non-hydrogen) atoms. The molecule has 1 saturated heterocycles. The van der Waals surface area contributed by atoms with Crippen LogP contribution in [0, 0.1) is 5.92 Å². The topological polar surface area (TPSA) is 38.3 Å². The molecule has 1 heterocycles. The van der Waals surface area contributed by atoms with E-state index in [4.69, 9.17) is 4.74 Å². The van der Waals surface area contributed by atoms with Gasteiger partial charge in [0.05, 0.1) is 12.2 Å². The van der Waals surface area contributed by atoms with Crippen molar-refractivity contribution in [3.05, 3.63) is 34.4 Å². The van der Waals surface area contributed by atoms with E-state index in [2.05, 4.69) is 18.3 Å². The molecule has 0 aromatic heterocycles. The van der Waals surface area contributed by atoms with Crippen molar-refractivity contribution < 1.29 is 9.53 Å². The highest BCUT2D eigenvalue weighted by atomic mass is 16.5. The molecule has 3 heteroatoms. The minimum absolute atomic E-state index is 0.155. The number of fused-ring (bicyclic) bond motifs is 1. The van der Waals surface area contributed by atoms with Gasteiger partial charge in [0.15, 0.2) is 0 Å². The Balaban J connectivity index is 1.96. The summed E-state index contributed by atoms with van der Waals surface area (Å²) in [5.74, 6) is 0.618. The molecule has 2 atom stereocenters. The van der Waals surface area contributed by atoms with Crippen molar-refractivity contribution in [1.29, 1.82) is 0 Å². The van der Waals surface area contributed by atoms with E-state index in [1.807, 2.05) is 13.0 Å². The summed E-state index contributed by atoms with van der Waals surface area (Å²) in [6.07, 6.45) is 6.99. The zero-order chi connectivity index (χ0) is 15.5. The average molecular weight is 301 g/mol. The highest BCUT2D eigenvalue weighted by molar-refractivity contribution is 5.91. The molecular weight excluding hydrogens is 274 g/mol. The van der Waals surface area contributed by atoms with Gasteiger partial charge in [0.1, 0.15) is 0 Å². The van der Waals surface area contributed by atoms with Crippen molar-refractivity contribution >= 4 is 5.97 Å². The SMILES string of the molecule is CCOC(=O)c1ccc(C2CC(C)CCN2)c2c1CCCC2. The van der Waals surface area contributed by atoms with Crippen molar-refractivity contribution in [2.45, 2.75) is 58.4 Å². The first-order valence-corrected chi connectivity index (χ1v) is 8.75. The monoisotopic (exact) mass is 301 g/mol. The van der Waals surface area contributed by atoms with Gasteiger partial charge in [-0.05, 0) is 80.7 Å². The molecular formula is C19H27NO2. The molecule has 1 aromatic carbocycles. The summed E-state index contributed by atoms with van der Waals surface area (Å²) >= 11 is 0. The van der Waals surface area contributed by atoms with Gasteiger partial charge in [-0.2, -0.15) is 0 Å². The molecule has 1 fully saturated rings. The second kappa shape index (κ2) is 6.82. The van der Waals surface area contributed by atoms with Crippen LogP contribution in [0.25, 0.3) is 0 Å². The number of carbonyl (C=O) groups excluding carboxylic acids is 1. The van der Waals surface area contributed by atoms with Gasteiger partial charge in [0, 0.05) is 6.04 Å². The molecule has 0 saturated carbocycles. The van der Waals surface area contributed by atoms with Crippen LogP contribution < -0.4 is 5.32 Å². The van der Waals surface area contributed by atoms with Crippen LogP contribution in [0.3, 0.4) is 0 Å². The number of esters is 1. The van der Waals surface area contributed by atoms with Crippen LogP contribution in [-0.4, -0.2) is 19.1 Å². The molecule has 0 spiro atoms. The number of carbonyl (C=O) groups is 1. The zero-order valence-corrected chi connectivity index (χ0v) is 13.8. The summed E-state index contributed by atoms with van der Waals surface area (Å²) < 4.78 is 5.24. The minimum atomic E-state index is -0.155. The second-order valence-electron chi connectivity index (χ2n) is 6.72. The van der Waals surface area contributed by atoms with Gasteiger partial charge >= 0.3 is 5.97 Å². The van der Waals surface area contributed by atoms with E-state index in [9.17, 15) is 4.79 Å². The van der Waals surface area contributed by atoms with E-state index in [1.54, 1.807) is 0 Å². The van der Waals surface area contributed by atoms with Gasteiger partial charge in [-0.15, -0.1) is 0 Å². The van der Waals surface area contributed by atoms with E-state index in [0.717, 1.165) is 30.9 Å². The van der Waals surface area contributed by atoms with Gasteiger partial charge in [-0.1, -0.05) is 13.0 Å². The summed E-state index contributed by atoms with van der Waals surface area (Å²) in [6.45, 7) is 5.75. The van der Waals surface area contributed by atoms with E-state index in [1.165, 1.54) is 42.4 Å². The van der Waals surface area contributed by atoms with Crippen molar-refractivity contribution in [1.82, 2.24) is 5.32 Å². The van der Waals surface area contributed by atoms with Crippen molar-refractivity contribution in [3.63, 3.8) is 0 Å². The van der Waals surface area contributed by atoms with Crippen LogP contribution in [0.15, 0.2) is 12.1 Å². The molecule has 0 radical (unpaired) electrons. The molecule has 120 valence electrons. The van der Waals surface area contributed by atoms with Crippen molar-refractivity contribution in [2.75, 3.05) is 13.2 Å². The molecule has 1 aliphatic carbocycles. The Morgan fingerprint density at radius 1 is 1.27 bits per heavy atom. The lowest BCUT2D eigenvalue weighted by Gasteiger charge is -2.32. The third kappa shape index (κ3) is 3.05. The Hall–Kier alpha value is -1.35. The number of rotatable bonds is 3. The maximum Gasteiger partial charge on any atom is 0.338 e.